The van der Waals surface area contributed by atoms with Crippen molar-refractivity contribution in [1.29, 1.82) is 0 Å². The summed E-state index contributed by atoms with van der Waals surface area (Å²) in [6.45, 7) is 2.07. The number of thiophene rings is 1. The number of amides is 2. The maximum atomic E-state index is 12.3. The topological polar surface area (TPSA) is 49.4 Å². The molecule has 0 radical (unpaired) electrons. The third-order valence-electron chi connectivity index (χ3n) is 4.16. The van der Waals surface area contributed by atoms with Crippen molar-refractivity contribution in [3.05, 3.63) is 52.2 Å². The van der Waals surface area contributed by atoms with E-state index in [1.54, 1.807) is 23.1 Å². The summed E-state index contributed by atoms with van der Waals surface area (Å²) in [4.78, 5) is 28.7. The monoisotopic (exact) mass is 374 g/mol. The molecule has 4 nitrogen and oxygen atoms in total. The van der Waals surface area contributed by atoms with Crippen LogP contribution in [0.4, 0.5) is 0 Å². The van der Waals surface area contributed by atoms with Gasteiger partial charge in [-0.05, 0) is 35.6 Å². The number of hydrogen-bond acceptors (Lipinski definition) is 4. The van der Waals surface area contributed by atoms with Crippen LogP contribution in [0, 0.1) is 0 Å². The van der Waals surface area contributed by atoms with E-state index < -0.39 is 0 Å². The van der Waals surface area contributed by atoms with Gasteiger partial charge < -0.3 is 10.2 Å². The molecule has 0 bridgehead atoms. The molecule has 1 aliphatic rings. The minimum Gasteiger partial charge on any atom is -0.355 e. The van der Waals surface area contributed by atoms with Gasteiger partial charge in [0, 0.05) is 48.0 Å². The Morgan fingerprint density at radius 1 is 1.16 bits per heavy atom. The summed E-state index contributed by atoms with van der Waals surface area (Å²) in [5.74, 6) is 0.859. The van der Waals surface area contributed by atoms with Crippen LogP contribution >= 0.6 is 23.1 Å². The first-order chi connectivity index (χ1) is 12.2. The zero-order valence-corrected chi connectivity index (χ0v) is 15.7. The van der Waals surface area contributed by atoms with Gasteiger partial charge in [0.1, 0.15) is 0 Å². The minimum absolute atomic E-state index is 0.0461. The molecule has 1 aliphatic heterocycles. The molecule has 0 unspecified atom stereocenters. The lowest BCUT2D eigenvalue weighted by atomic mass is 10.1. The number of benzene rings is 1. The van der Waals surface area contributed by atoms with Gasteiger partial charge in [-0.2, -0.15) is 0 Å². The lowest BCUT2D eigenvalue weighted by Crippen LogP contribution is -2.36. The second kappa shape index (κ2) is 9.06. The average Bonchev–Trinajstić information content (AvgIpc) is 3.12. The summed E-state index contributed by atoms with van der Waals surface area (Å²) in [5, 5.41) is 4.98. The maximum absolute atomic E-state index is 12.3. The molecule has 0 atom stereocenters. The van der Waals surface area contributed by atoms with E-state index in [0.717, 1.165) is 18.7 Å². The van der Waals surface area contributed by atoms with Crippen molar-refractivity contribution < 1.29 is 9.59 Å². The SMILES string of the molecule is O=C(CCC(=O)N1CCc2sccc2C1)NCCSc1ccccc1. The van der Waals surface area contributed by atoms with Gasteiger partial charge in [-0.25, -0.2) is 0 Å². The summed E-state index contributed by atoms with van der Waals surface area (Å²) in [5.41, 5.74) is 1.26. The Balaban J connectivity index is 1.31. The Morgan fingerprint density at radius 2 is 2.00 bits per heavy atom. The first kappa shape index (κ1) is 18.0. The number of carbonyl (C=O) groups excluding carboxylic acids is 2. The number of carbonyl (C=O) groups is 2. The molecule has 0 spiro atoms. The second-order valence-corrected chi connectivity index (χ2v) is 8.11. The summed E-state index contributed by atoms with van der Waals surface area (Å²) < 4.78 is 0. The van der Waals surface area contributed by atoms with E-state index in [9.17, 15) is 9.59 Å². The van der Waals surface area contributed by atoms with E-state index in [4.69, 9.17) is 0 Å². The van der Waals surface area contributed by atoms with E-state index in [-0.39, 0.29) is 24.7 Å². The Labute approximate surface area is 156 Å². The van der Waals surface area contributed by atoms with E-state index >= 15 is 0 Å². The normalized spacial score (nSPS) is 13.4. The van der Waals surface area contributed by atoms with Crippen molar-refractivity contribution in [1.82, 2.24) is 10.2 Å². The van der Waals surface area contributed by atoms with Crippen molar-refractivity contribution in [2.75, 3.05) is 18.8 Å². The largest absolute Gasteiger partial charge is 0.355 e. The molecule has 0 saturated carbocycles. The first-order valence-corrected chi connectivity index (χ1v) is 10.4. The summed E-state index contributed by atoms with van der Waals surface area (Å²) in [6.07, 6.45) is 1.49. The number of rotatable bonds is 7. The van der Waals surface area contributed by atoms with Gasteiger partial charge in [0.2, 0.25) is 11.8 Å². The summed E-state index contributed by atoms with van der Waals surface area (Å²) >= 11 is 3.48. The van der Waals surface area contributed by atoms with E-state index in [0.29, 0.717) is 13.1 Å². The average molecular weight is 375 g/mol. The smallest absolute Gasteiger partial charge is 0.223 e. The number of fused-ring (bicyclic) bond motifs is 1. The van der Waals surface area contributed by atoms with Gasteiger partial charge in [0.05, 0.1) is 0 Å². The fourth-order valence-corrected chi connectivity index (χ4v) is 4.48. The molecule has 0 saturated heterocycles. The molecule has 1 aromatic heterocycles. The molecule has 6 heteroatoms. The molecule has 0 aliphatic carbocycles. The number of nitrogens with one attached hydrogen (secondary N) is 1. The van der Waals surface area contributed by atoms with Crippen LogP contribution in [-0.4, -0.2) is 35.6 Å². The quantitative estimate of drug-likeness (QED) is 0.597. The molecule has 2 heterocycles. The Hall–Kier alpha value is -1.79. The number of hydrogen-bond donors (Lipinski definition) is 1. The van der Waals surface area contributed by atoms with Gasteiger partial charge in [-0.3, -0.25) is 9.59 Å². The maximum Gasteiger partial charge on any atom is 0.223 e. The van der Waals surface area contributed by atoms with Crippen molar-refractivity contribution in [2.24, 2.45) is 0 Å². The van der Waals surface area contributed by atoms with Crippen molar-refractivity contribution in [3.63, 3.8) is 0 Å². The number of thioether (sulfide) groups is 1. The highest BCUT2D eigenvalue weighted by Gasteiger charge is 2.21. The predicted octanol–water partition coefficient (Wildman–Crippen LogP) is 3.32. The van der Waals surface area contributed by atoms with Crippen molar-refractivity contribution in [3.8, 4) is 0 Å². The van der Waals surface area contributed by atoms with Gasteiger partial charge in [0.15, 0.2) is 0 Å². The Bertz CT molecular complexity index is 715. The van der Waals surface area contributed by atoms with Crippen LogP contribution in [0.25, 0.3) is 0 Å². The van der Waals surface area contributed by atoms with Crippen LogP contribution in [0.5, 0.6) is 0 Å². The minimum atomic E-state index is -0.0461. The van der Waals surface area contributed by atoms with Crippen LogP contribution in [0.2, 0.25) is 0 Å². The molecule has 132 valence electrons. The highest BCUT2D eigenvalue weighted by molar-refractivity contribution is 7.99. The fourth-order valence-electron chi connectivity index (χ4n) is 2.80. The van der Waals surface area contributed by atoms with Gasteiger partial charge in [0.25, 0.3) is 0 Å². The molecular formula is C19H22N2O2S2. The van der Waals surface area contributed by atoms with Gasteiger partial charge in [-0.1, -0.05) is 18.2 Å². The van der Waals surface area contributed by atoms with Gasteiger partial charge >= 0.3 is 0 Å². The van der Waals surface area contributed by atoms with Crippen LogP contribution in [0.1, 0.15) is 23.3 Å². The standard InChI is InChI=1S/C19H22N2O2S2/c22-18(20-10-13-24-16-4-2-1-3-5-16)6-7-19(23)21-11-8-17-15(14-21)9-12-25-17/h1-5,9,12H,6-8,10-11,13-14H2,(H,20,22). The van der Waals surface area contributed by atoms with Crippen molar-refractivity contribution >= 4 is 34.9 Å². The fraction of sp³-hybridized carbons (Fsp3) is 0.368. The third kappa shape index (κ3) is 5.34. The highest BCUT2D eigenvalue weighted by atomic mass is 32.2. The summed E-state index contributed by atoms with van der Waals surface area (Å²) in [7, 11) is 0. The Morgan fingerprint density at radius 3 is 2.84 bits per heavy atom. The van der Waals surface area contributed by atoms with Crippen LogP contribution in [0.15, 0.2) is 46.7 Å². The molecule has 3 rings (SSSR count). The molecule has 1 N–H and O–H groups in total. The Kier molecular flexibility index (Phi) is 6.53. The highest BCUT2D eigenvalue weighted by Crippen LogP contribution is 2.24. The lowest BCUT2D eigenvalue weighted by Gasteiger charge is -2.27. The zero-order valence-electron chi connectivity index (χ0n) is 14.1. The van der Waals surface area contributed by atoms with Crippen LogP contribution < -0.4 is 5.32 Å². The molecular weight excluding hydrogens is 352 g/mol. The van der Waals surface area contributed by atoms with Crippen LogP contribution in [-0.2, 0) is 22.6 Å². The second-order valence-electron chi connectivity index (χ2n) is 5.95. The molecule has 2 amide bonds. The van der Waals surface area contributed by atoms with E-state index in [1.807, 2.05) is 23.1 Å². The molecule has 0 fully saturated rings. The predicted molar refractivity (Wildman–Crippen MR) is 103 cm³/mol. The lowest BCUT2D eigenvalue weighted by molar-refractivity contribution is -0.134. The van der Waals surface area contributed by atoms with E-state index in [1.165, 1.54) is 15.3 Å². The van der Waals surface area contributed by atoms with E-state index in [2.05, 4.69) is 28.9 Å². The molecule has 2 aromatic rings. The summed E-state index contributed by atoms with van der Waals surface area (Å²) in [6, 6.07) is 12.2. The third-order valence-corrected chi connectivity index (χ3v) is 6.20. The van der Waals surface area contributed by atoms with Crippen LogP contribution in [0.3, 0.4) is 0 Å². The number of nitrogens with zero attached hydrogens (tertiary/aromatic N) is 1. The molecule has 1 aromatic carbocycles. The van der Waals surface area contributed by atoms with Crippen molar-refractivity contribution in [2.45, 2.75) is 30.7 Å². The molecule has 25 heavy (non-hydrogen) atoms. The zero-order chi connectivity index (χ0) is 17.5. The first-order valence-electron chi connectivity index (χ1n) is 8.50. The van der Waals surface area contributed by atoms with Gasteiger partial charge in [-0.15, -0.1) is 23.1 Å².